The molecule has 1 aromatic heterocycles. The molecule has 2 fully saturated rings. The highest BCUT2D eigenvalue weighted by molar-refractivity contribution is 7.16. The van der Waals surface area contributed by atoms with Gasteiger partial charge in [0.2, 0.25) is 5.91 Å². The van der Waals surface area contributed by atoms with Gasteiger partial charge in [-0.05, 0) is 43.7 Å². The average Bonchev–Trinajstić information content (AvgIpc) is 3.18. The second kappa shape index (κ2) is 8.66. The van der Waals surface area contributed by atoms with Gasteiger partial charge in [0.15, 0.2) is 0 Å². The zero-order valence-electron chi connectivity index (χ0n) is 16.1. The Morgan fingerprint density at radius 1 is 1.43 bits per heavy atom. The minimum absolute atomic E-state index is 0.253. The number of hydrogen-bond acceptors (Lipinski definition) is 4. The van der Waals surface area contributed by atoms with E-state index in [-0.39, 0.29) is 18.4 Å². The highest BCUT2D eigenvalue weighted by Crippen LogP contribution is 2.37. The Balaban J connectivity index is 1.67. The third kappa shape index (κ3) is 4.25. The molecule has 0 radical (unpaired) electrons. The van der Waals surface area contributed by atoms with Crippen molar-refractivity contribution in [3.05, 3.63) is 34.0 Å². The summed E-state index contributed by atoms with van der Waals surface area (Å²) in [6.45, 7) is 6.30. The quantitative estimate of drug-likeness (QED) is 0.535. The molecule has 1 spiro atoms. The second-order valence-electron chi connectivity index (χ2n) is 7.52. The topological polar surface area (TPSA) is 69.7 Å². The van der Waals surface area contributed by atoms with Crippen molar-refractivity contribution in [2.24, 2.45) is 5.92 Å². The number of thiophene rings is 1. The summed E-state index contributed by atoms with van der Waals surface area (Å²) in [6, 6.07) is 3.18. The molecule has 0 bridgehead atoms. The molecule has 1 aromatic rings. The Hall–Kier alpha value is -1.86. The van der Waals surface area contributed by atoms with Crippen LogP contribution in [0.2, 0.25) is 4.34 Å². The normalized spacial score (nSPS) is 24.5. The standard InChI is InChI=1S/C20H26ClN3O3S/c1-3-11-23(12-15-5-6-16(21)28-15)17(25)13-24-18(26)20(22-19(24)27)9-7-14(4-2)8-10-20/h3,5-6,14H,1,4,7-13H2,2H3,(H,22,27). The van der Waals surface area contributed by atoms with E-state index in [0.29, 0.717) is 36.2 Å². The van der Waals surface area contributed by atoms with E-state index in [1.807, 2.05) is 6.07 Å². The van der Waals surface area contributed by atoms with Gasteiger partial charge in [-0.15, -0.1) is 17.9 Å². The van der Waals surface area contributed by atoms with Crippen LogP contribution in [0.4, 0.5) is 4.79 Å². The van der Waals surface area contributed by atoms with Gasteiger partial charge in [-0.3, -0.25) is 14.5 Å². The lowest BCUT2D eigenvalue weighted by molar-refractivity contribution is -0.139. The van der Waals surface area contributed by atoms with Crippen LogP contribution in [-0.4, -0.2) is 46.3 Å². The molecule has 0 atom stereocenters. The lowest BCUT2D eigenvalue weighted by atomic mass is 9.75. The zero-order valence-corrected chi connectivity index (χ0v) is 17.7. The van der Waals surface area contributed by atoms with Crippen LogP contribution >= 0.6 is 22.9 Å². The smallest absolute Gasteiger partial charge is 0.325 e. The molecule has 1 aliphatic carbocycles. The summed E-state index contributed by atoms with van der Waals surface area (Å²) in [7, 11) is 0. The maximum atomic E-state index is 13.0. The minimum Gasteiger partial charge on any atom is -0.332 e. The van der Waals surface area contributed by atoms with Gasteiger partial charge in [0.25, 0.3) is 5.91 Å². The van der Waals surface area contributed by atoms with Crippen molar-refractivity contribution >= 4 is 40.8 Å². The van der Waals surface area contributed by atoms with Crippen LogP contribution in [-0.2, 0) is 16.1 Å². The summed E-state index contributed by atoms with van der Waals surface area (Å²) in [4.78, 5) is 41.9. The highest BCUT2D eigenvalue weighted by Gasteiger charge is 2.52. The van der Waals surface area contributed by atoms with E-state index < -0.39 is 11.6 Å². The van der Waals surface area contributed by atoms with E-state index >= 15 is 0 Å². The Labute approximate surface area is 174 Å². The van der Waals surface area contributed by atoms with E-state index in [2.05, 4.69) is 18.8 Å². The van der Waals surface area contributed by atoms with Crippen LogP contribution in [0.3, 0.4) is 0 Å². The van der Waals surface area contributed by atoms with E-state index in [4.69, 9.17) is 11.6 Å². The zero-order chi connectivity index (χ0) is 20.3. The number of rotatable bonds is 7. The van der Waals surface area contributed by atoms with Crippen LogP contribution in [0.15, 0.2) is 24.8 Å². The van der Waals surface area contributed by atoms with Crippen molar-refractivity contribution in [1.29, 1.82) is 0 Å². The second-order valence-corrected chi connectivity index (χ2v) is 9.32. The first-order chi connectivity index (χ1) is 13.4. The van der Waals surface area contributed by atoms with Crippen LogP contribution in [0.25, 0.3) is 0 Å². The van der Waals surface area contributed by atoms with Crippen LogP contribution in [0.1, 0.15) is 43.9 Å². The molecule has 0 aromatic carbocycles. The molecule has 1 N–H and O–H groups in total. The fraction of sp³-hybridized carbons (Fsp3) is 0.550. The SMILES string of the molecule is C=CCN(Cc1ccc(Cl)s1)C(=O)CN1C(=O)NC2(CCC(CC)CC2)C1=O. The third-order valence-corrected chi connectivity index (χ3v) is 6.97. The van der Waals surface area contributed by atoms with Crippen molar-refractivity contribution in [1.82, 2.24) is 15.1 Å². The molecule has 1 aliphatic heterocycles. The number of nitrogens with one attached hydrogen (secondary N) is 1. The molecule has 6 nitrogen and oxygen atoms in total. The maximum absolute atomic E-state index is 13.0. The van der Waals surface area contributed by atoms with Gasteiger partial charge in [0.1, 0.15) is 12.1 Å². The third-order valence-electron chi connectivity index (χ3n) is 5.75. The van der Waals surface area contributed by atoms with Crippen molar-refractivity contribution in [3.63, 3.8) is 0 Å². The van der Waals surface area contributed by atoms with E-state index in [1.165, 1.54) is 11.3 Å². The lowest BCUT2D eigenvalue weighted by Gasteiger charge is -2.34. The summed E-state index contributed by atoms with van der Waals surface area (Å²) in [6.07, 6.45) is 5.85. The monoisotopic (exact) mass is 423 g/mol. The first-order valence-corrected chi connectivity index (χ1v) is 10.8. The Bertz CT molecular complexity index is 771. The van der Waals surface area contributed by atoms with E-state index in [0.717, 1.165) is 29.0 Å². The number of halogens is 1. The molecular formula is C20H26ClN3O3S. The largest absolute Gasteiger partial charge is 0.332 e. The summed E-state index contributed by atoms with van der Waals surface area (Å²) in [5.41, 5.74) is -0.826. The molecule has 3 rings (SSSR count). The highest BCUT2D eigenvalue weighted by atomic mass is 35.5. The van der Waals surface area contributed by atoms with Crippen LogP contribution in [0.5, 0.6) is 0 Å². The average molecular weight is 424 g/mol. The van der Waals surface area contributed by atoms with Gasteiger partial charge in [-0.1, -0.05) is 31.0 Å². The minimum atomic E-state index is -0.826. The van der Waals surface area contributed by atoms with Gasteiger partial charge < -0.3 is 10.2 Å². The predicted octanol–water partition coefficient (Wildman–Crippen LogP) is 3.81. The van der Waals surface area contributed by atoms with E-state index in [1.54, 1.807) is 17.0 Å². The number of carbonyl (C=O) groups is 3. The van der Waals surface area contributed by atoms with Crippen LogP contribution < -0.4 is 5.32 Å². The number of amides is 4. The van der Waals surface area contributed by atoms with Gasteiger partial charge in [0.05, 0.1) is 10.9 Å². The summed E-state index contributed by atoms with van der Waals surface area (Å²) < 4.78 is 0.653. The van der Waals surface area contributed by atoms with Gasteiger partial charge in [0, 0.05) is 11.4 Å². The fourth-order valence-electron chi connectivity index (χ4n) is 4.01. The summed E-state index contributed by atoms with van der Waals surface area (Å²) >= 11 is 7.37. The fourth-order valence-corrected chi connectivity index (χ4v) is 5.11. The van der Waals surface area contributed by atoms with Crippen molar-refractivity contribution < 1.29 is 14.4 Å². The molecular weight excluding hydrogens is 398 g/mol. The molecule has 152 valence electrons. The molecule has 2 aliphatic rings. The first kappa shape index (κ1) is 20.9. The number of hydrogen-bond donors (Lipinski definition) is 1. The molecule has 4 amide bonds. The summed E-state index contributed by atoms with van der Waals surface area (Å²) in [5, 5.41) is 2.87. The van der Waals surface area contributed by atoms with Crippen LogP contribution in [0, 0.1) is 5.92 Å². The maximum Gasteiger partial charge on any atom is 0.325 e. The van der Waals surface area contributed by atoms with Gasteiger partial charge in [-0.25, -0.2) is 4.79 Å². The first-order valence-electron chi connectivity index (χ1n) is 9.65. The summed E-state index contributed by atoms with van der Waals surface area (Å²) in [5.74, 6) is 0.0528. The Morgan fingerprint density at radius 2 is 2.14 bits per heavy atom. The molecule has 1 saturated heterocycles. The van der Waals surface area contributed by atoms with Gasteiger partial charge >= 0.3 is 6.03 Å². The van der Waals surface area contributed by atoms with Crippen molar-refractivity contribution in [2.75, 3.05) is 13.1 Å². The Kier molecular flexibility index (Phi) is 6.45. The molecule has 28 heavy (non-hydrogen) atoms. The number of nitrogens with zero attached hydrogens (tertiary/aromatic N) is 2. The van der Waals surface area contributed by atoms with Crippen molar-refractivity contribution in [2.45, 2.75) is 51.1 Å². The van der Waals surface area contributed by atoms with E-state index in [9.17, 15) is 14.4 Å². The number of urea groups is 1. The lowest BCUT2D eigenvalue weighted by Crippen LogP contribution is -2.50. The number of carbonyl (C=O) groups excluding carboxylic acids is 3. The Morgan fingerprint density at radius 3 is 2.71 bits per heavy atom. The molecule has 8 heteroatoms. The molecule has 1 saturated carbocycles. The number of imide groups is 1. The molecule has 0 unspecified atom stereocenters. The molecule has 2 heterocycles. The van der Waals surface area contributed by atoms with Gasteiger partial charge in [-0.2, -0.15) is 0 Å². The van der Waals surface area contributed by atoms with Crippen molar-refractivity contribution in [3.8, 4) is 0 Å². The predicted molar refractivity (Wildman–Crippen MR) is 110 cm³/mol.